The number of aromatic nitrogens is 2. The summed E-state index contributed by atoms with van der Waals surface area (Å²) in [5.41, 5.74) is 7.67. The number of nitrogens with two attached hydrogens (primary N) is 1. The molecule has 0 aromatic carbocycles. The summed E-state index contributed by atoms with van der Waals surface area (Å²) in [6, 6.07) is 3.94. The Morgan fingerprint density at radius 2 is 1.89 bits per heavy atom. The van der Waals surface area contributed by atoms with Crippen molar-refractivity contribution < 1.29 is 24.5 Å². The quantitative estimate of drug-likeness (QED) is 0.686. The van der Waals surface area contributed by atoms with Crippen molar-refractivity contribution in [1.29, 1.82) is 0 Å². The molecule has 0 spiro atoms. The van der Waals surface area contributed by atoms with Crippen molar-refractivity contribution in [2.45, 2.75) is 39.0 Å². The third-order valence-corrected chi connectivity index (χ3v) is 4.40. The van der Waals surface area contributed by atoms with Gasteiger partial charge < -0.3 is 20.7 Å². The van der Waals surface area contributed by atoms with Crippen LogP contribution < -0.4 is 10.5 Å². The second-order valence-electron chi connectivity index (χ2n) is 6.47. The average Bonchev–Trinajstić information content (AvgIpc) is 2.95. The van der Waals surface area contributed by atoms with E-state index in [1.165, 1.54) is 32.1 Å². The summed E-state index contributed by atoms with van der Waals surface area (Å²) < 4.78 is 7.88. The van der Waals surface area contributed by atoms with Gasteiger partial charge in [0.2, 0.25) is 0 Å². The number of aryl methyl sites for hydroxylation is 1. The minimum Gasteiger partial charge on any atom is -0.489 e. The fraction of sp³-hybridized carbons (Fsp3) is 0.421. The molecule has 2 heterocycles. The van der Waals surface area contributed by atoms with E-state index in [1.54, 1.807) is 0 Å². The molecule has 4 N–H and O–H groups in total. The highest BCUT2D eigenvalue weighted by molar-refractivity contribution is 5.89. The van der Waals surface area contributed by atoms with Gasteiger partial charge in [0, 0.05) is 18.3 Å². The molecule has 0 radical (unpaired) electrons. The largest absolute Gasteiger partial charge is 0.489 e. The number of aliphatic carboxylic acids is 2. The van der Waals surface area contributed by atoms with Crippen LogP contribution in [0.25, 0.3) is 5.65 Å². The number of rotatable bonds is 5. The first kappa shape index (κ1) is 20.3. The first-order valence-corrected chi connectivity index (χ1v) is 8.88. The molecule has 0 atom stereocenters. The first-order chi connectivity index (χ1) is 12.9. The lowest BCUT2D eigenvalue weighted by Gasteiger charge is -2.21. The third-order valence-electron chi connectivity index (χ3n) is 4.40. The van der Waals surface area contributed by atoms with Crippen LogP contribution in [0.5, 0.6) is 5.75 Å². The number of anilines is 1. The average molecular weight is 375 g/mol. The second-order valence-corrected chi connectivity index (χ2v) is 6.47. The van der Waals surface area contributed by atoms with Gasteiger partial charge in [-0.3, -0.25) is 4.40 Å². The number of nitrogen functional groups attached to an aromatic ring is 1. The molecule has 1 aliphatic rings. The van der Waals surface area contributed by atoms with Crippen LogP contribution in [0.4, 0.5) is 5.82 Å². The van der Waals surface area contributed by atoms with Crippen LogP contribution in [0, 0.1) is 12.8 Å². The standard InChI is InChI=1S/C15H21N3O.C4H4O4/c1-11-14(16)18-9-5-8-13(15(18)17-11)19-10-12-6-3-2-4-7-12;5-3(6)1-2-4(7)8/h5,8-9,12H,2-4,6-7,10,16H2,1H3;1-2H,(H,5,6)(H,7,8). The molecular weight excluding hydrogens is 350 g/mol. The molecule has 146 valence electrons. The predicted molar refractivity (Wildman–Crippen MR) is 101 cm³/mol. The van der Waals surface area contributed by atoms with Crippen LogP contribution in [0.3, 0.4) is 0 Å². The molecule has 1 saturated carbocycles. The summed E-state index contributed by atoms with van der Waals surface area (Å²) in [6.45, 7) is 2.72. The third kappa shape index (κ3) is 6.02. The molecule has 8 nitrogen and oxygen atoms in total. The van der Waals surface area contributed by atoms with Gasteiger partial charge in [0.25, 0.3) is 0 Å². The fourth-order valence-corrected chi connectivity index (χ4v) is 2.99. The number of imidazole rings is 1. The van der Waals surface area contributed by atoms with Crippen molar-refractivity contribution in [3.8, 4) is 5.75 Å². The zero-order valence-corrected chi connectivity index (χ0v) is 15.3. The fourth-order valence-electron chi connectivity index (χ4n) is 2.99. The number of carbonyl (C=O) groups is 2. The summed E-state index contributed by atoms with van der Waals surface area (Å²) in [6.07, 6.45) is 9.68. The normalized spacial score (nSPS) is 14.7. The maximum atomic E-state index is 9.55. The summed E-state index contributed by atoms with van der Waals surface area (Å²) >= 11 is 0. The Balaban J connectivity index is 0.000000279. The van der Waals surface area contributed by atoms with Gasteiger partial charge in [0.05, 0.1) is 12.3 Å². The molecule has 27 heavy (non-hydrogen) atoms. The molecule has 3 rings (SSSR count). The lowest BCUT2D eigenvalue weighted by Crippen LogP contribution is -2.15. The molecule has 1 aliphatic carbocycles. The minimum atomic E-state index is -1.26. The van der Waals surface area contributed by atoms with E-state index >= 15 is 0 Å². The molecule has 0 saturated heterocycles. The number of fused-ring (bicyclic) bond motifs is 1. The maximum Gasteiger partial charge on any atom is 0.328 e. The number of pyridine rings is 1. The number of carboxylic acids is 2. The van der Waals surface area contributed by atoms with E-state index in [4.69, 9.17) is 20.7 Å². The number of ether oxygens (including phenoxy) is 1. The molecule has 8 heteroatoms. The number of hydrogen-bond donors (Lipinski definition) is 3. The van der Waals surface area contributed by atoms with Crippen molar-refractivity contribution in [3.63, 3.8) is 0 Å². The smallest absolute Gasteiger partial charge is 0.328 e. The van der Waals surface area contributed by atoms with Crippen LogP contribution in [0.15, 0.2) is 30.5 Å². The number of carboxylic acid groups (broad SMARTS) is 2. The van der Waals surface area contributed by atoms with E-state index in [9.17, 15) is 9.59 Å². The molecule has 0 aliphatic heterocycles. The SMILES string of the molecule is Cc1nc2c(OCC3CCCCC3)cccn2c1N.O=C(O)C=CC(=O)O. The Morgan fingerprint density at radius 1 is 1.26 bits per heavy atom. The maximum absolute atomic E-state index is 9.55. The zero-order valence-electron chi connectivity index (χ0n) is 15.3. The lowest BCUT2D eigenvalue weighted by atomic mass is 9.90. The monoisotopic (exact) mass is 375 g/mol. The van der Waals surface area contributed by atoms with Gasteiger partial charge >= 0.3 is 11.9 Å². The Labute approximate surface area is 157 Å². The molecule has 2 aromatic rings. The van der Waals surface area contributed by atoms with Crippen molar-refractivity contribution in [1.82, 2.24) is 9.38 Å². The molecule has 0 amide bonds. The lowest BCUT2D eigenvalue weighted by molar-refractivity contribution is -0.134. The van der Waals surface area contributed by atoms with Gasteiger partial charge in [-0.2, -0.15) is 0 Å². The highest BCUT2D eigenvalue weighted by Crippen LogP contribution is 2.27. The van der Waals surface area contributed by atoms with Gasteiger partial charge in [-0.25, -0.2) is 14.6 Å². The molecule has 1 fully saturated rings. The molecule has 0 unspecified atom stereocenters. The summed E-state index contributed by atoms with van der Waals surface area (Å²) in [7, 11) is 0. The van der Waals surface area contributed by atoms with Crippen LogP contribution >= 0.6 is 0 Å². The number of nitrogens with zero attached hydrogens (tertiary/aromatic N) is 2. The van der Waals surface area contributed by atoms with Crippen LogP contribution in [-0.4, -0.2) is 38.1 Å². The van der Waals surface area contributed by atoms with Gasteiger partial charge in [0.15, 0.2) is 11.4 Å². The Bertz CT molecular complexity index is 806. The second kappa shape index (κ2) is 9.61. The topological polar surface area (TPSA) is 127 Å². The van der Waals surface area contributed by atoms with E-state index in [0.717, 1.165) is 23.7 Å². The van der Waals surface area contributed by atoms with Crippen LogP contribution in [0.2, 0.25) is 0 Å². The Kier molecular flexibility index (Phi) is 7.22. The minimum absolute atomic E-state index is 0.558. The number of hydrogen-bond acceptors (Lipinski definition) is 5. The van der Waals surface area contributed by atoms with Crippen LogP contribution in [0.1, 0.15) is 37.8 Å². The van der Waals surface area contributed by atoms with E-state index in [-0.39, 0.29) is 0 Å². The van der Waals surface area contributed by atoms with E-state index in [2.05, 4.69) is 4.98 Å². The highest BCUT2D eigenvalue weighted by atomic mass is 16.5. The van der Waals surface area contributed by atoms with Crippen LogP contribution in [-0.2, 0) is 9.59 Å². The van der Waals surface area contributed by atoms with E-state index in [1.807, 2.05) is 29.7 Å². The molecule has 0 bridgehead atoms. The van der Waals surface area contributed by atoms with Crippen molar-refractivity contribution >= 4 is 23.4 Å². The van der Waals surface area contributed by atoms with Gasteiger partial charge in [-0.15, -0.1) is 0 Å². The van der Waals surface area contributed by atoms with Crippen molar-refractivity contribution in [2.75, 3.05) is 12.3 Å². The van der Waals surface area contributed by atoms with Crippen molar-refractivity contribution in [2.24, 2.45) is 5.92 Å². The summed E-state index contributed by atoms with van der Waals surface area (Å²) in [5.74, 6) is -0.284. The van der Waals surface area contributed by atoms with E-state index in [0.29, 0.717) is 23.9 Å². The van der Waals surface area contributed by atoms with Gasteiger partial charge in [-0.1, -0.05) is 19.3 Å². The Morgan fingerprint density at radius 3 is 2.48 bits per heavy atom. The zero-order chi connectivity index (χ0) is 19.8. The highest BCUT2D eigenvalue weighted by Gasteiger charge is 2.15. The molecule has 2 aromatic heterocycles. The summed E-state index contributed by atoms with van der Waals surface area (Å²) in [4.78, 5) is 23.6. The van der Waals surface area contributed by atoms with Crippen molar-refractivity contribution in [3.05, 3.63) is 36.2 Å². The molecular formula is C19H25N3O5. The first-order valence-electron chi connectivity index (χ1n) is 8.88. The van der Waals surface area contributed by atoms with Gasteiger partial charge in [-0.05, 0) is 37.8 Å². The summed E-state index contributed by atoms with van der Waals surface area (Å²) in [5, 5.41) is 15.6. The van der Waals surface area contributed by atoms with E-state index < -0.39 is 11.9 Å². The predicted octanol–water partition coefficient (Wildman–Crippen LogP) is 2.90. The Hall–Kier alpha value is -3.03. The van der Waals surface area contributed by atoms with Gasteiger partial charge in [0.1, 0.15) is 5.82 Å².